The molecule has 0 radical (unpaired) electrons. The molecule has 3 aromatic heterocycles. The molecule has 1 aliphatic heterocycles. The summed E-state index contributed by atoms with van der Waals surface area (Å²) in [5, 5.41) is 8.67. The van der Waals surface area contributed by atoms with Gasteiger partial charge in [-0.05, 0) is 11.4 Å². The van der Waals surface area contributed by atoms with E-state index in [1.807, 2.05) is 7.05 Å². The Bertz CT molecular complexity index is 794. The first kappa shape index (κ1) is 15.0. The van der Waals surface area contributed by atoms with Gasteiger partial charge >= 0.3 is 0 Å². The van der Waals surface area contributed by atoms with Crippen LogP contribution >= 0.6 is 22.7 Å². The Morgan fingerprint density at radius 3 is 2.87 bits per heavy atom. The van der Waals surface area contributed by atoms with Crippen LogP contribution in [-0.4, -0.2) is 48.2 Å². The first-order valence-corrected chi connectivity index (χ1v) is 9.41. The largest absolute Gasteiger partial charge is 0.379 e. The number of ether oxygens (including phenoxy) is 1. The van der Waals surface area contributed by atoms with Crippen molar-refractivity contribution >= 4 is 38.7 Å². The Morgan fingerprint density at radius 2 is 2.13 bits per heavy atom. The number of nitrogens with zero attached hydrogens (tertiary/aromatic N) is 3. The van der Waals surface area contributed by atoms with Crippen LogP contribution in [-0.2, 0) is 11.3 Å². The number of nitrogens with one attached hydrogen (secondary N) is 1. The molecule has 1 N–H and O–H groups in total. The predicted molar refractivity (Wildman–Crippen MR) is 96.4 cm³/mol. The van der Waals surface area contributed by atoms with E-state index in [0.717, 1.165) is 54.7 Å². The Kier molecular flexibility index (Phi) is 4.26. The summed E-state index contributed by atoms with van der Waals surface area (Å²) in [4.78, 5) is 14.2. The van der Waals surface area contributed by atoms with Crippen molar-refractivity contribution in [2.45, 2.75) is 6.54 Å². The Balaban J connectivity index is 1.72. The molecule has 0 aliphatic carbocycles. The molecule has 0 saturated carbocycles. The number of morpholine rings is 1. The minimum atomic E-state index is 0.778. The zero-order valence-corrected chi connectivity index (χ0v) is 14.5. The number of hydrogen-bond donors (Lipinski definition) is 1. The molecule has 0 bridgehead atoms. The lowest BCUT2D eigenvalue weighted by Crippen LogP contribution is -2.36. The minimum absolute atomic E-state index is 0.778. The monoisotopic (exact) mass is 346 g/mol. The van der Waals surface area contributed by atoms with Crippen molar-refractivity contribution < 1.29 is 4.74 Å². The van der Waals surface area contributed by atoms with Crippen molar-refractivity contribution in [2.75, 3.05) is 38.7 Å². The molecule has 120 valence electrons. The van der Waals surface area contributed by atoms with Gasteiger partial charge in [-0.1, -0.05) is 6.07 Å². The molecule has 5 nitrogen and oxygen atoms in total. The molecule has 4 heterocycles. The van der Waals surface area contributed by atoms with Gasteiger partial charge in [0.15, 0.2) is 0 Å². The molecule has 3 aromatic rings. The highest BCUT2D eigenvalue weighted by Gasteiger charge is 2.17. The molecule has 7 heteroatoms. The van der Waals surface area contributed by atoms with Gasteiger partial charge in [0.25, 0.3) is 0 Å². The van der Waals surface area contributed by atoms with E-state index < -0.39 is 0 Å². The van der Waals surface area contributed by atoms with Crippen molar-refractivity contribution in [1.82, 2.24) is 14.9 Å². The molecule has 0 aromatic carbocycles. The number of hydrogen-bond acceptors (Lipinski definition) is 7. The highest BCUT2D eigenvalue weighted by molar-refractivity contribution is 7.18. The molecule has 1 aliphatic rings. The minimum Gasteiger partial charge on any atom is -0.379 e. The maximum Gasteiger partial charge on any atom is 0.146 e. The predicted octanol–water partition coefficient (Wildman–Crippen LogP) is 3.29. The molecule has 0 unspecified atom stereocenters. The van der Waals surface area contributed by atoms with Gasteiger partial charge in [0.05, 0.1) is 25.1 Å². The van der Waals surface area contributed by atoms with Gasteiger partial charge in [-0.15, -0.1) is 22.7 Å². The normalized spacial score (nSPS) is 16.0. The Hall–Kier alpha value is -1.54. The van der Waals surface area contributed by atoms with Crippen molar-refractivity contribution in [2.24, 2.45) is 0 Å². The summed E-state index contributed by atoms with van der Waals surface area (Å²) in [6, 6.07) is 4.23. The molecule has 0 spiro atoms. The molecular formula is C16H18N4OS2. The molecular weight excluding hydrogens is 328 g/mol. The van der Waals surface area contributed by atoms with E-state index in [9.17, 15) is 0 Å². The number of rotatable bonds is 4. The zero-order chi connectivity index (χ0) is 15.6. The summed E-state index contributed by atoms with van der Waals surface area (Å²) in [6.45, 7) is 4.26. The van der Waals surface area contributed by atoms with E-state index in [-0.39, 0.29) is 0 Å². The maximum absolute atomic E-state index is 5.41. The van der Waals surface area contributed by atoms with Crippen LogP contribution in [0.1, 0.15) is 5.82 Å². The van der Waals surface area contributed by atoms with Gasteiger partial charge in [0.1, 0.15) is 16.5 Å². The van der Waals surface area contributed by atoms with Crippen LogP contribution in [0.4, 0.5) is 5.82 Å². The molecule has 23 heavy (non-hydrogen) atoms. The number of anilines is 1. The summed E-state index contributed by atoms with van der Waals surface area (Å²) >= 11 is 3.44. The van der Waals surface area contributed by atoms with E-state index in [1.165, 1.54) is 10.4 Å². The highest BCUT2D eigenvalue weighted by atomic mass is 32.1. The second-order valence-electron chi connectivity index (χ2n) is 5.43. The van der Waals surface area contributed by atoms with Crippen molar-refractivity contribution in [3.63, 3.8) is 0 Å². The van der Waals surface area contributed by atoms with Gasteiger partial charge in [-0.2, -0.15) is 0 Å². The molecule has 1 saturated heterocycles. The molecule has 0 amide bonds. The van der Waals surface area contributed by atoms with E-state index in [2.05, 4.69) is 33.1 Å². The van der Waals surface area contributed by atoms with Crippen LogP contribution in [0.3, 0.4) is 0 Å². The van der Waals surface area contributed by atoms with Crippen LogP contribution in [0.25, 0.3) is 20.7 Å². The fourth-order valence-electron chi connectivity index (χ4n) is 2.81. The van der Waals surface area contributed by atoms with E-state index in [0.29, 0.717) is 0 Å². The first-order chi connectivity index (χ1) is 11.3. The van der Waals surface area contributed by atoms with Gasteiger partial charge < -0.3 is 10.1 Å². The van der Waals surface area contributed by atoms with Crippen LogP contribution in [0.15, 0.2) is 22.9 Å². The SMILES string of the molecule is CNc1nc(CN2CCOCC2)nc2scc(-c3cccs3)c12. The topological polar surface area (TPSA) is 50.3 Å². The summed E-state index contributed by atoms with van der Waals surface area (Å²) < 4.78 is 5.41. The van der Waals surface area contributed by atoms with Gasteiger partial charge in [0, 0.05) is 36.0 Å². The summed E-state index contributed by atoms with van der Waals surface area (Å²) in [5.41, 5.74) is 1.22. The quantitative estimate of drug-likeness (QED) is 0.785. The fourth-order valence-corrected chi connectivity index (χ4v) is 4.59. The molecule has 4 rings (SSSR count). The summed E-state index contributed by atoms with van der Waals surface area (Å²) in [6.07, 6.45) is 0. The Labute approximate surface area is 142 Å². The standard InChI is InChI=1S/C16H18N4OS2/c1-17-15-14-11(12-3-2-8-22-12)10-23-16(14)19-13(18-15)9-20-4-6-21-7-5-20/h2-3,8,10H,4-7,9H2,1H3,(H,17,18,19). The van der Waals surface area contributed by atoms with Crippen molar-refractivity contribution in [3.05, 3.63) is 28.7 Å². The third kappa shape index (κ3) is 2.97. The van der Waals surface area contributed by atoms with Gasteiger partial charge in [-0.3, -0.25) is 4.90 Å². The zero-order valence-electron chi connectivity index (χ0n) is 12.9. The van der Waals surface area contributed by atoms with Crippen LogP contribution in [0.2, 0.25) is 0 Å². The van der Waals surface area contributed by atoms with E-state index >= 15 is 0 Å². The third-order valence-electron chi connectivity index (χ3n) is 3.97. The second-order valence-corrected chi connectivity index (χ2v) is 7.24. The van der Waals surface area contributed by atoms with Crippen molar-refractivity contribution in [1.29, 1.82) is 0 Å². The number of thiophene rings is 2. The van der Waals surface area contributed by atoms with Crippen molar-refractivity contribution in [3.8, 4) is 10.4 Å². The average Bonchev–Trinajstić information content (AvgIpc) is 3.24. The second kappa shape index (κ2) is 6.52. The lowest BCUT2D eigenvalue weighted by Gasteiger charge is -2.25. The van der Waals surface area contributed by atoms with E-state index in [4.69, 9.17) is 14.7 Å². The lowest BCUT2D eigenvalue weighted by atomic mass is 10.2. The molecule has 0 atom stereocenters. The van der Waals surface area contributed by atoms with Gasteiger partial charge in [-0.25, -0.2) is 9.97 Å². The summed E-state index contributed by atoms with van der Waals surface area (Å²) in [5.74, 6) is 1.80. The van der Waals surface area contributed by atoms with Crippen LogP contribution in [0.5, 0.6) is 0 Å². The van der Waals surface area contributed by atoms with Gasteiger partial charge in [0.2, 0.25) is 0 Å². The Morgan fingerprint density at radius 1 is 1.26 bits per heavy atom. The lowest BCUT2D eigenvalue weighted by molar-refractivity contribution is 0.0331. The first-order valence-electron chi connectivity index (χ1n) is 7.65. The van der Waals surface area contributed by atoms with Crippen LogP contribution < -0.4 is 5.32 Å². The van der Waals surface area contributed by atoms with E-state index in [1.54, 1.807) is 22.7 Å². The maximum atomic E-state index is 5.41. The van der Waals surface area contributed by atoms with Crippen LogP contribution in [0, 0.1) is 0 Å². The smallest absolute Gasteiger partial charge is 0.146 e. The summed E-state index contributed by atoms with van der Waals surface area (Å²) in [7, 11) is 1.93. The highest BCUT2D eigenvalue weighted by Crippen LogP contribution is 2.38. The fraction of sp³-hybridized carbons (Fsp3) is 0.375. The number of aromatic nitrogens is 2. The third-order valence-corrected chi connectivity index (χ3v) is 5.75. The number of fused-ring (bicyclic) bond motifs is 1. The average molecular weight is 346 g/mol. The molecule has 1 fully saturated rings.